The van der Waals surface area contributed by atoms with E-state index in [0.29, 0.717) is 29.4 Å². The molecule has 2 N–H and O–H groups in total. The first-order valence-corrected chi connectivity index (χ1v) is 10.7. The molecule has 1 fully saturated rings. The van der Waals surface area contributed by atoms with Gasteiger partial charge in [-0.15, -0.1) is 0 Å². The maximum absolute atomic E-state index is 14.8. The zero-order valence-electron chi connectivity index (χ0n) is 17.4. The van der Waals surface area contributed by atoms with Gasteiger partial charge >= 0.3 is 0 Å². The highest BCUT2D eigenvalue weighted by Gasteiger charge is 2.27. The third-order valence-electron chi connectivity index (χ3n) is 6.29. The summed E-state index contributed by atoms with van der Waals surface area (Å²) in [7, 11) is 1.95. The molecule has 2 aromatic carbocycles. The van der Waals surface area contributed by atoms with Gasteiger partial charge in [-0.25, -0.2) is 9.37 Å². The van der Waals surface area contributed by atoms with Crippen LogP contribution in [0.3, 0.4) is 0 Å². The summed E-state index contributed by atoms with van der Waals surface area (Å²) in [6.07, 6.45) is 6.27. The van der Waals surface area contributed by atoms with Gasteiger partial charge in [-0.2, -0.15) is 0 Å². The quantitative estimate of drug-likeness (QED) is 0.528. The number of aromatic nitrogens is 3. The Bertz CT molecular complexity index is 1280. The van der Waals surface area contributed by atoms with E-state index in [1.165, 1.54) is 6.07 Å². The highest BCUT2D eigenvalue weighted by Crippen LogP contribution is 2.27. The van der Waals surface area contributed by atoms with Gasteiger partial charge in [0.15, 0.2) is 0 Å². The molecule has 0 bridgehead atoms. The van der Waals surface area contributed by atoms with Gasteiger partial charge in [0.1, 0.15) is 5.82 Å². The standard InChI is InChI=1S/C24H25FN4O2/c1-28-14-26-19-11-15(9-10-20(19)28)12-29-13-16(23-17(25)5-4-7-21(23)29)24(31)27-18-6-2-3-8-22(18)30/h4-5,7,9-11,13-14,18,22,30H,2-3,6,8,12H2,1H3,(H,27,31)/t18-,22-/m0/s1. The molecule has 31 heavy (non-hydrogen) atoms. The molecule has 1 saturated carbocycles. The lowest BCUT2D eigenvalue weighted by Crippen LogP contribution is -2.45. The van der Waals surface area contributed by atoms with Gasteiger partial charge in [0.25, 0.3) is 5.91 Å². The largest absolute Gasteiger partial charge is 0.391 e. The minimum Gasteiger partial charge on any atom is -0.391 e. The van der Waals surface area contributed by atoms with Crippen LogP contribution >= 0.6 is 0 Å². The summed E-state index contributed by atoms with van der Waals surface area (Å²) in [6.45, 7) is 0.492. The second kappa shape index (κ2) is 7.81. The van der Waals surface area contributed by atoms with Crippen molar-refractivity contribution >= 4 is 27.8 Å². The maximum Gasteiger partial charge on any atom is 0.253 e. The van der Waals surface area contributed by atoms with E-state index >= 15 is 0 Å². The van der Waals surface area contributed by atoms with E-state index in [1.807, 2.05) is 40.4 Å². The maximum atomic E-state index is 14.8. The molecule has 1 aliphatic carbocycles. The Morgan fingerprint density at radius 3 is 2.90 bits per heavy atom. The van der Waals surface area contributed by atoms with Gasteiger partial charge < -0.3 is 19.6 Å². The lowest BCUT2D eigenvalue weighted by molar-refractivity contribution is 0.0718. The van der Waals surface area contributed by atoms with Crippen LogP contribution in [0.4, 0.5) is 4.39 Å². The number of hydrogen-bond acceptors (Lipinski definition) is 3. The number of aliphatic hydroxyl groups is 1. The Labute approximate surface area is 179 Å². The topological polar surface area (TPSA) is 72.1 Å². The molecule has 6 nitrogen and oxygen atoms in total. The smallest absolute Gasteiger partial charge is 0.253 e. The van der Waals surface area contributed by atoms with Gasteiger partial charge in [-0.3, -0.25) is 4.79 Å². The van der Waals surface area contributed by atoms with E-state index in [1.54, 1.807) is 18.6 Å². The van der Waals surface area contributed by atoms with E-state index in [2.05, 4.69) is 10.3 Å². The third-order valence-corrected chi connectivity index (χ3v) is 6.29. The van der Waals surface area contributed by atoms with Crippen LogP contribution in [0.1, 0.15) is 41.6 Å². The second-order valence-corrected chi connectivity index (χ2v) is 8.41. The average Bonchev–Trinajstić information content (AvgIpc) is 3.31. The predicted molar refractivity (Wildman–Crippen MR) is 117 cm³/mol. The number of rotatable bonds is 4. The molecule has 1 amide bonds. The Morgan fingerprint density at radius 2 is 2.06 bits per heavy atom. The summed E-state index contributed by atoms with van der Waals surface area (Å²) < 4.78 is 18.6. The zero-order valence-corrected chi connectivity index (χ0v) is 17.4. The van der Waals surface area contributed by atoms with Crippen molar-refractivity contribution in [2.45, 2.75) is 44.4 Å². The first kappa shape index (κ1) is 19.8. The van der Waals surface area contributed by atoms with Crippen LogP contribution in [-0.2, 0) is 13.6 Å². The number of aliphatic hydroxyl groups excluding tert-OH is 1. The first-order valence-electron chi connectivity index (χ1n) is 10.7. The monoisotopic (exact) mass is 420 g/mol. The van der Waals surface area contributed by atoms with Gasteiger partial charge in [-0.05, 0) is 42.7 Å². The molecule has 7 heteroatoms. The molecular weight excluding hydrogens is 395 g/mol. The third kappa shape index (κ3) is 3.59. The Morgan fingerprint density at radius 1 is 1.23 bits per heavy atom. The summed E-state index contributed by atoms with van der Waals surface area (Å²) in [6, 6.07) is 10.6. The number of nitrogens with one attached hydrogen (secondary N) is 1. The average molecular weight is 420 g/mol. The number of nitrogens with zero attached hydrogens (tertiary/aromatic N) is 3. The second-order valence-electron chi connectivity index (χ2n) is 8.41. The minimum atomic E-state index is -0.555. The molecule has 0 spiro atoms. The van der Waals surface area contributed by atoms with Crippen LogP contribution in [0.2, 0.25) is 0 Å². The SMILES string of the molecule is Cn1cnc2cc(Cn3cc(C(=O)N[C@H]4CCCC[C@@H]4O)c4c(F)cccc43)ccc21. The summed E-state index contributed by atoms with van der Waals surface area (Å²) in [5.41, 5.74) is 3.91. The van der Waals surface area contributed by atoms with Crippen molar-refractivity contribution in [1.29, 1.82) is 0 Å². The fourth-order valence-corrected chi connectivity index (χ4v) is 4.61. The van der Waals surface area contributed by atoms with Crippen molar-refractivity contribution < 1.29 is 14.3 Å². The van der Waals surface area contributed by atoms with Crippen molar-refractivity contribution in [2.24, 2.45) is 7.05 Å². The molecule has 2 heterocycles. The molecule has 5 rings (SSSR count). The van der Waals surface area contributed by atoms with Gasteiger partial charge in [0.2, 0.25) is 0 Å². The number of halogens is 1. The van der Waals surface area contributed by atoms with Crippen LogP contribution in [0.15, 0.2) is 48.9 Å². The van der Waals surface area contributed by atoms with Crippen molar-refractivity contribution in [2.75, 3.05) is 0 Å². The highest BCUT2D eigenvalue weighted by molar-refractivity contribution is 6.07. The van der Waals surface area contributed by atoms with Crippen LogP contribution in [0, 0.1) is 5.82 Å². The lowest BCUT2D eigenvalue weighted by Gasteiger charge is -2.28. The lowest BCUT2D eigenvalue weighted by atomic mass is 9.92. The number of carbonyl (C=O) groups is 1. The van der Waals surface area contributed by atoms with Crippen LogP contribution < -0.4 is 5.32 Å². The zero-order chi connectivity index (χ0) is 21.5. The van der Waals surface area contributed by atoms with Crippen LogP contribution in [0.5, 0.6) is 0 Å². The van der Waals surface area contributed by atoms with Gasteiger partial charge in [0, 0.05) is 25.2 Å². The molecule has 2 atom stereocenters. The van der Waals surface area contributed by atoms with Crippen molar-refractivity contribution in [3.8, 4) is 0 Å². The van der Waals surface area contributed by atoms with E-state index in [9.17, 15) is 14.3 Å². The molecule has 4 aromatic rings. The van der Waals surface area contributed by atoms with E-state index < -0.39 is 11.9 Å². The highest BCUT2D eigenvalue weighted by atomic mass is 19.1. The summed E-state index contributed by atoms with van der Waals surface area (Å²) in [4.78, 5) is 17.5. The number of aryl methyl sites for hydroxylation is 1. The molecular formula is C24H25FN4O2. The summed E-state index contributed by atoms with van der Waals surface area (Å²) in [5.74, 6) is -0.772. The van der Waals surface area contributed by atoms with Gasteiger partial charge in [-0.1, -0.05) is 25.0 Å². The minimum absolute atomic E-state index is 0.294. The van der Waals surface area contributed by atoms with Crippen molar-refractivity contribution in [3.05, 3.63) is 65.9 Å². The van der Waals surface area contributed by atoms with Crippen molar-refractivity contribution in [1.82, 2.24) is 19.4 Å². The molecule has 2 aromatic heterocycles. The molecule has 1 aliphatic rings. The number of hydrogen-bond donors (Lipinski definition) is 2. The molecule has 0 saturated heterocycles. The Kier molecular flexibility index (Phi) is 4.98. The van der Waals surface area contributed by atoms with Crippen LogP contribution in [0.25, 0.3) is 21.9 Å². The Balaban J connectivity index is 1.50. The fraction of sp³-hybridized carbons (Fsp3) is 0.333. The number of carbonyl (C=O) groups excluding carboxylic acids is 1. The number of amides is 1. The summed E-state index contributed by atoms with van der Waals surface area (Å²) in [5, 5.41) is 13.5. The number of fused-ring (bicyclic) bond motifs is 2. The summed E-state index contributed by atoms with van der Waals surface area (Å²) >= 11 is 0. The van der Waals surface area contributed by atoms with E-state index in [0.717, 1.165) is 35.9 Å². The molecule has 0 unspecified atom stereocenters. The number of imidazole rings is 1. The first-order chi connectivity index (χ1) is 15.0. The van der Waals surface area contributed by atoms with E-state index in [-0.39, 0.29) is 11.9 Å². The van der Waals surface area contributed by atoms with Gasteiger partial charge in [0.05, 0.1) is 40.6 Å². The fourth-order valence-electron chi connectivity index (χ4n) is 4.61. The Hall–Kier alpha value is -3.19. The molecule has 160 valence electrons. The van der Waals surface area contributed by atoms with E-state index in [4.69, 9.17) is 0 Å². The van der Waals surface area contributed by atoms with Crippen molar-refractivity contribution in [3.63, 3.8) is 0 Å². The predicted octanol–water partition coefficient (Wildman–Crippen LogP) is 3.75. The normalized spacial score (nSPS) is 19.2. The number of benzene rings is 2. The molecule has 0 aliphatic heterocycles. The molecule has 0 radical (unpaired) electrons. The van der Waals surface area contributed by atoms with Crippen LogP contribution in [-0.4, -0.2) is 37.3 Å².